The third kappa shape index (κ3) is 4.85. The number of methoxy groups -OCH3 is 1. The molecule has 0 saturated carbocycles. The minimum atomic E-state index is 0.153. The van der Waals surface area contributed by atoms with E-state index in [2.05, 4.69) is 13.8 Å². The van der Waals surface area contributed by atoms with Gasteiger partial charge in [0, 0.05) is 25.4 Å². The Hall–Kier alpha value is -1.55. The van der Waals surface area contributed by atoms with Crippen molar-refractivity contribution in [3.8, 4) is 0 Å². The van der Waals surface area contributed by atoms with Gasteiger partial charge in [-0.1, -0.05) is 26.0 Å². The number of hydrogen-bond donors (Lipinski definition) is 1. The second kappa shape index (κ2) is 8.59. The third-order valence-electron chi connectivity index (χ3n) is 3.57. The summed E-state index contributed by atoms with van der Waals surface area (Å²) in [5.41, 5.74) is 7.38. The molecule has 20 heavy (non-hydrogen) atoms. The van der Waals surface area contributed by atoms with Crippen LogP contribution >= 0.6 is 0 Å². The lowest BCUT2D eigenvalue weighted by Crippen LogP contribution is -2.42. The van der Waals surface area contributed by atoms with Crippen LogP contribution in [0.5, 0.6) is 0 Å². The van der Waals surface area contributed by atoms with Crippen LogP contribution in [0.15, 0.2) is 24.3 Å². The monoisotopic (exact) mass is 278 g/mol. The van der Waals surface area contributed by atoms with E-state index in [4.69, 9.17) is 10.5 Å². The van der Waals surface area contributed by atoms with Crippen LogP contribution in [0.4, 0.5) is 5.69 Å². The molecule has 112 valence electrons. The number of nitrogens with two attached hydrogens (primary N) is 1. The van der Waals surface area contributed by atoms with Crippen molar-refractivity contribution in [2.45, 2.75) is 39.2 Å². The number of carbonyl (C=O) groups excluding carboxylic acids is 1. The SMILES string of the molecule is CCC(CC)N(CCOC)C(=O)Cc1ccc(N)cc1. The van der Waals surface area contributed by atoms with Gasteiger partial charge in [-0.2, -0.15) is 0 Å². The predicted octanol–water partition coefficient (Wildman–Crippen LogP) is 2.47. The van der Waals surface area contributed by atoms with Crippen molar-refractivity contribution in [3.05, 3.63) is 29.8 Å². The van der Waals surface area contributed by atoms with Gasteiger partial charge in [-0.25, -0.2) is 0 Å². The Labute approximate surface area is 121 Å². The van der Waals surface area contributed by atoms with E-state index < -0.39 is 0 Å². The minimum absolute atomic E-state index is 0.153. The van der Waals surface area contributed by atoms with Crippen molar-refractivity contribution < 1.29 is 9.53 Å². The summed E-state index contributed by atoms with van der Waals surface area (Å²) in [6, 6.07) is 7.77. The molecule has 0 heterocycles. The van der Waals surface area contributed by atoms with Crippen molar-refractivity contribution in [3.63, 3.8) is 0 Å². The van der Waals surface area contributed by atoms with Crippen molar-refractivity contribution in [2.75, 3.05) is 26.0 Å². The van der Waals surface area contributed by atoms with Gasteiger partial charge in [-0.15, -0.1) is 0 Å². The fourth-order valence-electron chi connectivity index (χ4n) is 2.34. The van der Waals surface area contributed by atoms with Crippen LogP contribution in [-0.2, 0) is 16.0 Å². The highest BCUT2D eigenvalue weighted by atomic mass is 16.5. The number of amides is 1. The molecular weight excluding hydrogens is 252 g/mol. The first-order chi connectivity index (χ1) is 9.62. The molecule has 0 bridgehead atoms. The molecule has 0 saturated heterocycles. The zero-order valence-electron chi connectivity index (χ0n) is 12.8. The fraction of sp³-hybridized carbons (Fsp3) is 0.562. The number of ether oxygens (including phenoxy) is 1. The van der Waals surface area contributed by atoms with Gasteiger partial charge in [-0.05, 0) is 30.5 Å². The van der Waals surface area contributed by atoms with Crippen LogP contribution in [-0.4, -0.2) is 37.1 Å². The predicted molar refractivity (Wildman–Crippen MR) is 82.5 cm³/mol. The Balaban J connectivity index is 2.73. The lowest BCUT2D eigenvalue weighted by molar-refractivity contribution is -0.133. The van der Waals surface area contributed by atoms with Crippen molar-refractivity contribution >= 4 is 11.6 Å². The number of anilines is 1. The number of nitrogens with zero attached hydrogens (tertiary/aromatic N) is 1. The van der Waals surface area contributed by atoms with Gasteiger partial charge in [-0.3, -0.25) is 4.79 Å². The average Bonchev–Trinajstić information content (AvgIpc) is 2.45. The van der Waals surface area contributed by atoms with Crippen LogP contribution in [0, 0.1) is 0 Å². The van der Waals surface area contributed by atoms with Crippen LogP contribution in [0.3, 0.4) is 0 Å². The summed E-state index contributed by atoms with van der Waals surface area (Å²) in [5, 5.41) is 0. The van der Waals surface area contributed by atoms with Gasteiger partial charge >= 0.3 is 0 Å². The maximum absolute atomic E-state index is 12.5. The summed E-state index contributed by atoms with van der Waals surface area (Å²) in [6.07, 6.45) is 2.35. The quantitative estimate of drug-likeness (QED) is 0.743. The first-order valence-electron chi connectivity index (χ1n) is 7.25. The Morgan fingerprint density at radius 3 is 2.35 bits per heavy atom. The van der Waals surface area contributed by atoms with E-state index in [1.807, 2.05) is 29.2 Å². The molecule has 4 heteroatoms. The summed E-state index contributed by atoms with van der Waals surface area (Å²) >= 11 is 0. The Bertz CT molecular complexity index is 399. The second-order valence-corrected chi connectivity index (χ2v) is 4.97. The maximum Gasteiger partial charge on any atom is 0.227 e. The third-order valence-corrected chi connectivity index (χ3v) is 3.57. The Morgan fingerprint density at radius 1 is 1.25 bits per heavy atom. The number of benzene rings is 1. The molecule has 0 spiro atoms. The molecule has 2 N–H and O–H groups in total. The van der Waals surface area contributed by atoms with E-state index in [-0.39, 0.29) is 11.9 Å². The molecule has 0 atom stereocenters. The lowest BCUT2D eigenvalue weighted by atomic mass is 10.1. The van der Waals surface area contributed by atoms with E-state index in [0.717, 1.165) is 24.1 Å². The summed E-state index contributed by atoms with van der Waals surface area (Å²) in [7, 11) is 1.66. The normalized spacial score (nSPS) is 10.8. The Morgan fingerprint density at radius 2 is 1.85 bits per heavy atom. The van der Waals surface area contributed by atoms with Crippen molar-refractivity contribution in [2.24, 2.45) is 0 Å². The highest BCUT2D eigenvalue weighted by molar-refractivity contribution is 5.79. The molecule has 0 aliphatic carbocycles. The molecule has 0 unspecified atom stereocenters. The molecule has 1 rings (SSSR count). The van der Waals surface area contributed by atoms with Gasteiger partial charge < -0.3 is 15.4 Å². The van der Waals surface area contributed by atoms with Crippen LogP contribution in [0.1, 0.15) is 32.3 Å². The van der Waals surface area contributed by atoms with Gasteiger partial charge in [0.2, 0.25) is 5.91 Å². The fourth-order valence-corrected chi connectivity index (χ4v) is 2.34. The van der Waals surface area contributed by atoms with E-state index in [1.54, 1.807) is 7.11 Å². The standard InChI is InChI=1S/C16H26N2O2/c1-4-15(5-2)18(10-11-20-3)16(19)12-13-6-8-14(17)9-7-13/h6-9,15H,4-5,10-12,17H2,1-3H3. The second-order valence-electron chi connectivity index (χ2n) is 4.97. The first-order valence-corrected chi connectivity index (χ1v) is 7.25. The molecule has 0 fully saturated rings. The topological polar surface area (TPSA) is 55.6 Å². The average molecular weight is 278 g/mol. The van der Waals surface area contributed by atoms with Gasteiger partial charge in [0.1, 0.15) is 0 Å². The number of carbonyl (C=O) groups is 1. The summed E-state index contributed by atoms with van der Waals surface area (Å²) in [6.45, 7) is 5.45. The molecule has 1 aromatic rings. The zero-order valence-corrected chi connectivity index (χ0v) is 12.8. The van der Waals surface area contributed by atoms with Crippen molar-refractivity contribution in [1.82, 2.24) is 4.90 Å². The van der Waals surface area contributed by atoms with Gasteiger partial charge in [0.05, 0.1) is 13.0 Å². The largest absolute Gasteiger partial charge is 0.399 e. The van der Waals surface area contributed by atoms with Crippen LogP contribution in [0.25, 0.3) is 0 Å². The summed E-state index contributed by atoms with van der Waals surface area (Å²) in [5.74, 6) is 0.153. The summed E-state index contributed by atoms with van der Waals surface area (Å²) < 4.78 is 5.12. The minimum Gasteiger partial charge on any atom is -0.399 e. The lowest BCUT2D eigenvalue weighted by Gasteiger charge is -2.30. The molecule has 1 aromatic carbocycles. The highest BCUT2D eigenvalue weighted by Gasteiger charge is 2.20. The highest BCUT2D eigenvalue weighted by Crippen LogP contribution is 2.13. The van der Waals surface area contributed by atoms with E-state index in [9.17, 15) is 4.79 Å². The number of hydrogen-bond acceptors (Lipinski definition) is 3. The van der Waals surface area contributed by atoms with Gasteiger partial charge in [0.25, 0.3) is 0 Å². The van der Waals surface area contributed by atoms with E-state index in [0.29, 0.717) is 19.6 Å². The molecule has 0 aliphatic rings. The smallest absolute Gasteiger partial charge is 0.227 e. The molecule has 0 radical (unpaired) electrons. The molecule has 4 nitrogen and oxygen atoms in total. The number of rotatable bonds is 8. The molecule has 0 aromatic heterocycles. The summed E-state index contributed by atoms with van der Waals surface area (Å²) in [4.78, 5) is 14.4. The van der Waals surface area contributed by atoms with Gasteiger partial charge in [0.15, 0.2) is 0 Å². The van der Waals surface area contributed by atoms with E-state index >= 15 is 0 Å². The number of nitrogen functional groups attached to an aromatic ring is 1. The zero-order chi connectivity index (χ0) is 15.0. The van der Waals surface area contributed by atoms with E-state index in [1.165, 1.54) is 0 Å². The molecule has 0 aliphatic heterocycles. The Kier molecular flexibility index (Phi) is 7.09. The first kappa shape index (κ1) is 16.5. The molecule has 1 amide bonds. The van der Waals surface area contributed by atoms with Crippen LogP contribution < -0.4 is 5.73 Å². The maximum atomic E-state index is 12.5. The molecular formula is C16H26N2O2. The van der Waals surface area contributed by atoms with Crippen LogP contribution in [0.2, 0.25) is 0 Å². The van der Waals surface area contributed by atoms with Crippen molar-refractivity contribution in [1.29, 1.82) is 0 Å².